The van der Waals surface area contributed by atoms with E-state index in [1.807, 2.05) is 38.1 Å². The highest BCUT2D eigenvalue weighted by Crippen LogP contribution is 2.34. The number of hydrogen-bond acceptors (Lipinski definition) is 6. The second kappa shape index (κ2) is 9.55. The van der Waals surface area contributed by atoms with E-state index >= 15 is 0 Å². The third-order valence-corrected chi connectivity index (χ3v) is 3.90. The van der Waals surface area contributed by atoms with Crippen LogP contribution in [0, 0.1) is 0 Å². The molecule has 0 spiro atoms. The van der Waals surface area contributed by atoms with Crippen LogP contribution in [0.2, 0.25) is 0 Å². The minimum absolute atomic E-state index is 0.248. The van der Waals surface area contributed by atoms with Crippen molar-refractivity contribution in [3.63, 3.8) is 0 Å². The summed E-state index contributed by atoms with van der Waals surface area (Å²) in [5.74, 6) is 1.25. The number of carbonyl (C=O) groups is 1. The summed E-state index contributed by atoms with van der Waals surface area (Å²) < 4.78 is 16.4. The normalized spacial score (nSPS) is 10.5. The van der Waals surface area contributed by atoms with E-state index in [1.165, 1.54) is 0 Å². The molecular weight excluding hydrogens is 358 g/mol. The first-order valence-corrected chi connectivity index (χ1v) is 9.32. The van der Waals surface area contributed by atoms with Gasteiger partial charge in [0.25, 0.3) is 5.91 Å². The topological polar surface area (TPSA) is 86.5 Å². The average Bonchev–Trinajstić information content (AvgIpc) is 3.19. The number of amides is 1. The molecule has 1 amide bonds. The van der Waals surface area contributed by atoms with Crippen LogP contribution in [0.4, 0.5) is 5.82 Å². The molecule has 2 aromatic carbocycles. The molecule has 0 radical (unpaired) electrons. The van der Waals surface area contributed by atoms with E-state index in [4.69, 9.17) is 14.1 Å². The lowest BCUT2D eigenvalue weighted by atomic mass is 10.1. The quantitative estimate of drug-likeness (QED) is 0.584. The van der Waals surface area contributed by atoms with Crippen LogP contribution in [0.3, 0.4) is 0 Å². The van der Waals surface area contributed by atoms with Gasteiger partial charge in [-0.25, -0.2) is 4.63 Å². The fourth-order valence-electron chi connectivity index (χ4n) is 2.54. The van der Waals surface area contributed by atoms with Gasteiger partial charge in [-0.3, -0.25) is 4.79 Å². The van der Waals surface area contributed by atoms with Crippen molar-refractivity contribution in [1.82, 2.24) is 10.3 Å². The minimum Gasteiger partial charge on any atom is -0.490 e. The Kier molecular flexibility index (Phi) is 6.62. The molecule has 146 valence electrons. The first-order chi connectivity index (χ1) is 13.7. The van der Waals surface area contributed by atoms with Crippen molar-refractivity contribution in [2.24, 2.45) is 0 Å². The van der Waals surface area contributed by atoms with Crippen molar-refractivity contribution in [2.45, 2.75) is 26.7 Å². The van der Waals surface area contributed by atoms with Crippen LogP contribution in [-0.2, 0) is 0 Å². The first-order valence-electron chi connectivity index (χ1n) is 9.32. The van der Waals surface area contributed by atoms with Gasteiger partial charge < -0.3 is 14.8 Å². The molecule has 0 aliphatic heterocycles. The van der Waals surface area contributed by atoms with Gasteiger partial charge in [0, 0.05) is 11.1 Å². The van der Waals surface area contributed by atoms with Crippen LogP contribution < -0.4 is 14.8 Å². The molecule has 1 aromatic heterocycles. The largest absolute Gasteiger partial charge is 0.490 e. The van der Waals surface area contributed by atoms with Crippen molar-refractivity contribution in [2.75, 3.05) is 18.5 Å². The number of nitrogens with one attached hydrogen (secondary N) is 1. The Morgan fingerprint density at radius 1 is 0.964 bits per heavy atom. The van der Waals surface area contributed by atoms with E-state index in [9.17, 15) is 4.79 Å². The number of ether oxygens (including phenoxy) is 2. The maximum absolute atomic E-state index is 12.4. The van der Waals surface area contributed by atoms with Crippen molar-refractivity contribution >= 4 is 11.7 Å². The van der Waals surface area contributed by atoms with Gasteiger partial charge in [0.1, 0.15) is 0 Å². The fraction of sp³-hybridized carbons (Fsp3) is 0.286. The van der Waals surface area contributed by atoms with E-state index in [-0.39, 0.29) is 11.7 Å². The predicted molar refractivity (Wildman–Crippen MR) is 106 cm³/mol. The Bertz CT molecular complexity index is 909. The van der Waals surface area contributed by atoms with Crippen LogP contribution >= 0.6 is 0 Å². The highest BCUT2D eigenvalue weighted by molar-refractivity contribution is 6.05. The SMILES string of the molecule is CCCOc1ccc(-c2nonc2NC(=O)c2ccccc2)cc1OCCC. The molecule has 3 rings (SSSR count). The maximum Gasteiger partial charge on any atom is 0.256 e. The van der Waals surface area contributed by atoms with E-state index in [0.29, 0.717) is 41.5 Å². The molecule has 0 aliphatic carbocycles. The highest BCUT2D eigenvalue weighted by Gasteiger charge is 2.18. The van der Waals surface area contributed by atoms with Crippen LogP contribution in [-0.4, -0.2) is 29.4 Å². The number of rotatable bonds is 9. The number of hydrogen-bond donors (Lipinski definition) is 1. The summed E-state index contributed by atoms with van der Waals surface area (Å²) in [5.41, 5.74) is 1.65. The van der Waals surface area contributed by atoms with E-state index in [1.54, 1.807) is 24.3 Å². The summed E-state index contributed by atoms with van der Waals surface area (Å²) in [6, 6.07) is 14.4. The van der Waals surface area contributed by atoms with E-state index in [2.05, 4.69) is 15.6 Å². The smallest absolute Gasteiger partial charge is 0.256 e. The molecule has 0 atom stereocenters. The van der Waals surface area contributed by atoms with Gasteiger partial charge in [-0.15, -0.1) is 0 Å². The van der Waals surface area contributed by atoms with Crippen molar-refractivity contribution in [1.29, 1.82) is 0 Å². The number of benzene rings is 2. The molecule has 0 saturated carbocycles. The van der Waals surface area contributed by atoms with Crippen molar-refractivity contribution in [3.8, 4) is 22.8 Å². The third-order valence-electron chi connectivity index (χ3n) is 3.90. The number of nitrogens with zero attached hydrogens (tertiary/aromatic N) is 2. The monoisotopic (exact) mass is 381 g/mol. The van der Waals surface area contributed by atoms with Crippen LogP contribution in [0.15, 0.2) is 53.2 Å². The molecule has 7 heteroatoms. The fourth-order valence-corrected chi connectivity index (χ4v) is 2.54. The molecule has 7 nitrogen and oxygen atoms in total. The predicted octanol–water partition coefficient (Wildman–Crippen LogP) is 4.57. The lowest BCUT2D eigenvalue weighted by Crippen LogP contribution is -2.12. The Hall–Kier alpha value is -3.35. The summed E-state index contributed by atoms with van der Waals surface area (Å²) in [5, 5.41) is 10.5. The highest BCUT2D eigenvalue weighted by atomic mass is 16.6. The van der Waals surface area contributed by atoms with Gasteiger partial charge in [-0.05, 0) is 53.5 Å². The second-order valence-corrected chi connectivity index (χ2v) is 6.14. The molecule has 1 N–H and O–H groups in total. The zero-order valence-electron chi connectivity index (χ0n) is 16.0. The summed E-state index contributed by atoms with van der Waals surface area (Å²) in [4.78, 5) is 12.4. The summed E-state index contributed by atoms with van der Waals surface area (Å²) in [6.45, 7) is 5.26. The average molecular weight is 381 g/mol. The first kappa shape index (κ1) is 19.4. The zero-order valence-corrected chi connectivity index (χ0v) is 16.0. The molecule has 1 heterocycles. The number of anilines is 1. The van der Waals surface area contributed by atoms with E-state index in [0.717, 1.165) is 12.8 Å². The standard InChI is InChI=1S/C21H23N3O4/c1-3-12-26-17-11-10-16(14-18(17)27-13-4-2)19-20(24-28-23-19)22-21(25)15-8-6-5-7-9-15/h5-11,14H,3-4,12-13H2,1-2H3,(H,22,24,25). The van der Waals surface area contributed by atoms with Gasteiger partial charge >= 0.3 is 0 Å². The number of carbonyl (C=O) groups excluding carboxylic acids is 1. The Morgan fingerprint density at radius 3 is 2.39 bits per heavy atom. The third kappa shape index (κ3) is 4.68. The zero-order chi connectivity index (χ0) is 19.8. The van der Waals surface area contributed by atoms with Crippen LogP contribution in [0.5, 0.6) is 11.5 Å². The van der Waals surface area contributed by atoms with Gasteiger partial charge in [0.15, 0.2) is 17.2 Å². The lowest BCUT2D eigenvalue weighted by Gasteiger charge is -2.13. The molecule has 0 unspecified atom stereocenters. The maximum atomic E-state index is 12.4. The summed E-state index contributed by atoms with van der Waals surface area (Å²) in [7, 11) is 0. The summed E-state index contributed by atoms with van der Waals surface area (Å²) >= 11 is 0. The van der Waals surface area contributed by atoms with Crippen LogP contribution in [0.1, 0.15) is 37.0 Å². The Balaban J connectivity index is 1.85. The van der Waals surface area contributed by atoms with E-state index < -0.39 is 0 Å². The number of aromatic nitrogens is 2. The van der Waals surface area contributed by atoms with Gasteiger partial charge in [-0.2, -0.15) is 0 Å². The van der Waals surface area contributed by atoms with Crippen LogP contribution in [0.25, 0.3) is 11.3 Å². The molecule has 28 heavy (non-hydrogen) atoms. The van der Waals surface area contributed by atoms with Gasteiger partial charge in [0.05, 0.1) is 13.2 Å². The van der Waals surface area contributed by atoms with Crippen molar-refractivity contribution in [3.05, 3.63) is 54.1 Å². The molecule has 0 bridgehead atoms. The van der Waals surface area contributed by atoms with Gasteiger partial charge in [-0.1, -0.05) is 32.0 Å². The Labute approximate surface area is 163 Å². The van der Waals surface area contributed by atoms with Crippen molar-refractivity contribution < 1.29 is 18.9 Å². The Morgan fingerprint density at radius 2 is 1.68 bits per heavy atom. The summed E-state index contributed by atoms with van der Waals surface area (Å²) in [6.07, 6.45) is 1.78. The molecule has 3 aromatic rings. The molecule has 0 fully saturated rings. The second-order valence-electron chi connectivity index (χ2n) is 6.14. The lowest BCUT2D eigenvalue weighted by molar-refractivity contribution is 0.102. The molecular formula is C21H23N3O4. The van der Waals surface area contributed by atoms with Gasteiger partial charge in [0.2, 0.25) is 5.82 Å². The molecule has 0 aliphatic rings. The molecule has 0 saturated heterocycles. The minimum atomic E-state index is -0.289.